The molecule has 1 aliphatic rings. The summed E-state index contributed by atoms with van der Waals surface area (Å²) in [6.45, 7) is 3.96. The minimum Gasteiger partial charge on any atom is -0.330 e. The number of hydrogen-bond acceptors (Lipinski definition) is 2. The Balaban J connectivity index is 2.30. The molecule has 2 nitrogen and oxygen atoms in total. The molecule has 1 aliphatic heterocycles. The Morgan fingerprint density at radius 2 is 2.24 bits per heavy atom. The Hall–Kier alpha value is -0.930. The topological polar surface area (TPSA) is 38.0 Å². The largest absolute Gasteiger partial charge is 0.330 e. The van der Waals surface area contributed by atoms with Crippen molar-refractivity contribution in [1.29, 1.82) is 0 Å². The summed E-state index contributed by atoms with van der Waals surface area (Å²) in [5.41, 5.74) is 6.20. The molecule has 0 spiro atoms. The second-order valence-corrected chi connectivity index (χ2v) is 4.96. The molecule has 3 N–H and O–H groups in total. The summed E-state index contributed by atoms with van der Waals surface area (Å²) in [5, 5.41) is 3.23. The predicted octanol–water partition coefficient (Wildman–Crippen LogP) is 1.98. The second kappa shape index (κ2) is 5.15. The Labute approximate surface area is 102 Å². The molecule has 94 valence electrons. The number of rotatable bonds is 4. The third kappa shape index (κ3) is 2.50. The molecule has 17 heavy (non-hydrogen) atoms. The number of alkyl halides is 1. The predicted molar refractivity (Wildman–Crippen MR) is 68.6 cm³/mol. The van der Waals surface area contributed by atoms with Crippen LogP contribution >= 0.6 is 0 Å². The molecular weight excluding hydrogens is 215 g/mol. The molecule has 0 saturated carbocycles. The van der Waals surface area contributed by atoms with E-state index in [1.54, 1.807) is 6.92 Å². The van der Waals surface area contributed by atoms with Crippen LogP contribution in [0, 0.1) is 5.92 Å². The lowest BCUT2D eigenvalue weighted by Crippen LogP contribution is -2.30. The molecule has 0 radical (unpaired) electrons. The minimum absolute atomic E-state index is 0.0708. The van der Waals surface area contributed by atoms with Crippen molar-refractivity contribution in [3.05, 3.63) is 35.4 Å². The van der Waals surface area contributed by atoms with Gasteiger partial charge in [-0.2, -0.15) is 0 Å². The molecule has 1 saturated heterocycles. The van der Waals surface area contributed by atoms with Gasteiger partial charge in [-0.1, -0.05) is 24.3 Å². The number of benzene rings is 1. The van der Waals surface area contributed by atoms with Gasteiger partial charge in [-0.25, -0.2) is 4.39 Å². The van der Waals surface area contributed by atoms with Crippen molar-refractivity contribution in [2.75, 3.05) is 19.6 Å². The van der Waals surface area contributed by atoms with Crippen molar-refractivity contribution in [3.8, 4) is 0 Å². The molecule has 2 atom stereocenters. The third-order valence-corrected chi connectivity index (χ3v) is 3.78. The van der Waals surface area contributed by atoms with Crippen LogP contribution in [0.5, 0.6) is 0 Å². The van der Waals surface area contributed by atoms with Gasteiger partial charge < -0.3 is 11.1 Å². The summed E-state index contributed by atoms with van der Waals surface area (Å²) in [4.78, 5) is 0. The Kier molecular flexibility index (Phi) is 3.79. The van der Waals surface area contributed by atoms with E-state index in [0.717, 1.165) is 37.1 Å². The summed E-state index contributed by atoms with van der Waals surface area (Å²) in [5.74, 6) is 0.0708. The maximum absolute atomic E-state index is 15.0. The molecule has 2 unspecified atom stereocenters. The van der Waals surface area contributed by atoms with Gasteiger partial charge in [0.1, 0.15) is 5.67 Å². The minimum atomic E-state index is -1.25. The monoisotopic (exact) mass is 236 g/mol. The Morgan fingerprint density at radius 3 is 2.88 bits per heavy atom. The van der Waals surface area contributed by atoms with Crippen LogP contribution in [0.3, 0.4) is 0 Å². The SMILES string of the molecule is CC(F)(c1ccccc1CCN)C1CCNC1. The van der Waals surface area contributed by atoms with E-state index >= 15 is 4.39 Å². The van der Waals surface area contributed by atoms with Crippen LogP contribution in [0.25, 0.3) is 0 Å². The number of nitrogens with two attached hydrogens (primary N) is 1. The Bertz CT molecular complexity index is 370. The zero-order chi connectivity index (χ0) is 12.3. The van der Waals surface area contributed by atoms with Gasteiger partial charge in [-0.05, 0) is 44.0 Å². The van der Waals surface area contributed by atoms with Crippen molar-refractivity contribution in [3.63, 3.8) is 0 Å². The van der Waals surface area contributed by atoms with Crippen molar-refractivity contribution in [2.24, 2.45) is 11.7 Å². The second-order valence-electron chi connectivity index (χ2n) is 4.96. The van der Waals surface area contributed by atoms with Gasteiger partial charge in [0.25, 0.3) is 0 Å². The Morgan fingerprint density at radius 1 is 1.47 bits per heavy atom. The first-order chi connectivity index (χ1) is 8.16. The highest BCUT2D eigenvalue weighted by atomic mass is 19.1. The van der Waals surface area contributed by atoms with E-state index in [4.69, 9.17) is 5.73 Å². The molecular formula is C14H21FN2. The van der Waals surface area contributed by atoms with Gasteiger partial charge in [-0.3, -0.25) is 0 Å². The third-order valence-electron chi connectivity index (χ3n) is 3.78. The first-order valence-corrected chi connectivity index (χ1v) is 6.34. The first-order valence-electron chi connectivity index (χ1n) is 6.34. The zero-order valence-corrected chi connectivity index (χ0v) is 10.4. The van der Waals surface area contributed by atoms with Crippen molar-refractivity contribution in [2.45, 2.75) is 25.4 Å². The number of nitrogens with one attached hydrogen (secondary N) is 1. The van der Waals surface area contributed by atoms with E-state index in [0.29, 0.717) is 6.54 Å². The lowest BCUT2D eigenvalue weighted by Gasteiger charge is -2.29. The highest BCUT2D eigenvalue weighted by Gasteiger charge is 2.38. The molecule has 2 rings (SSSR count). The van der Waals surface area contributed by atoms with Gasteiger partial charge in [0.2, 0.25) is 0 Å². The molecule has 3 heteroatoms. The van der Waals surface area contributed by atoms with Gasteiger partial charge in [0.15, 0.2) is 0 Å². The normalized spacial score (nSPS) is 23.6. The fourth-order valence-electron chi connectivity index (χ4n) is 2.71. The summed E-state index contributed by atoms with van der Waals surface area (Å²) in [7, 11) is 0. The van der Waals surface area contributed by atoms with Crippen molar-refractivity contribution < 1.29 is 4.39 Å². The van der Waals surface area contributed by atoms with Gasteiger partial charge >= 0.3 is 0 Å². The van der Waals surface area contributed by atoms with Gasteiger partial charge in [-0.15, -0.1) is 0 Å². The molecule has 0 aliphatic carbocycles. The van der Waals surface area contributed by atoms with Crippen molar-refractivity contribution >= 4 is 0 Å². The first kappa shape index (κ1) is 12.5. The van der Waals surface area contributed by atoms with Crippen LogP contribution < -0.4 is 11.1 Å². The smallest absolute Gasteiger partial charge is 0.137 e. The fraction of sp³-hybridized carbons (Fsp3) is 0.571. The molecule has 1 heterocycles. The van der Waals surface area contributed by atoms with E-state index in [1.807, 2.05) is 24.3 Å². The van der Waals surface area contributed by atoms with Crippen LogP contribution in [0.4, 0.5) is 4.39 Å². The molecule has 0 aromatic heterocycles. The lowest BCUT2D eigenvalue weighted by atomic mass is 9.81. The van der Waals surface area contributed by atoms with Crippen LogP contribution in [-0.4, -0.2) is 19.6 Å². The summed E-state index contributed by atoms with van der Waals surface area (Å²) in [6.07, 6.45) is 1.65. The summed E-state index contributed by atoms with van der Waals surface area (Å²) in [6, 6.07) is 7.76. The lowest BCUT2D eigenvalue weighted by molar-refractivity contribution is 0.111. The van der Waals surface area contributed by atoms with Crippen LogP contribution in [0.1, 0.15) is 24.5 Å². The molecule has 1 aromatic rings. The fourth-order valence-corrected chi connectivity index (χ4v) is 2.71. The van der Waals surface area contributed by atoms with Gasteiger partial charge in [0.05, 0.1) is 0 Å². The van der Waals surface area contributed by atoms with E-state index in [1.165, 1.54) is 0 Å². The molecule has 1 aromatic carbocycles. The highest BCUT2D eigenvalue weighted by molar-refractivity contribution is 5.33. The van der Waals surface area contributed by atoms with Crippen LogP contribution in [0.15, 0.2) is 24.3 Å². The quantitative estimate of drug-likeness (QED) is 0.839. The number of hydrogen-bond donors (Lipinski definition) is 2. The maximum atomic E-state index is 15.0. The molecule has 1 fully saturated rings. The standard InChI is InChI=1S/C14H21FN2/c1-14(15,12-7-9-17-10-12)13-5-3-2-4-11(13)6-8-16/h2-5,12,17H,6-10,16H2,1H3. The zero-order valence-electron chi connectivity index (χ0n) is 10.4. The highest BCUT2D eigenvalue weighted by Crippen LogP contribution is 2.38. The summed E-state index contributed by atoms with van der Waals surface area (Å²) >= 11 is 0. The van der Waals surface area contributed by atoms with Crippen molar-refractivity contribution in [1.82, 2.24) is 5.32 Å². The van der Waals surface area contributed by atoms with E-state index in [2.05, 4.69) is 5.32 Å². The molecule has 0 bridgehead atoms. The van der Waals surface area contributed by atoms with E-state index < -0.39 is 5.67 Å². The van der Waals surface area contributed by atoms with E-state index in [9.17, 15) is 0 Å². The van der Waals surface area contributed by atoms with Crippen LogP contribution in [0.2, 0.25) is 0 Å². The average Bonchev–Trinajstić information content (AvgIpc) is 2.84. The average molecular weight is 236 g/mol. The maximum Gasteiger partial charge on any atom is 0.137 e. The van der Waals surface area contributed by atoms with Gasteiger partial charge in [0, 0.05) is 12.5 Å². The summed E-state index contributed by atoms with van der Waals surface area (Å²) < 4.78 is 15.0. The number of halogens is 1. The van der Waals surface area contributed by atoms with Crippen LogP contribution in [-0.2, 0) is 12.1 Å². The molecule has 0 amide bonds. The van der Waals surface area contributed by atoms with E-state index in [-0.39, 0.29) is 5.92 Å².